The lowest BCUT2D eigenvalue weighted by atomic mass is 9.97. The quantitative estimate of drug-likeness (QED) is 0.0946. The zero-order valence-electron chi connectivity index (χ0n) is 22.0. The molecule has 0 bridgehead atoms. The van der Waals surface area contributed by atoms with Gasteiger partial charge >= 0.3 is 6.80 Å². The Morgan fingerprint density at radius 3 is 2.63 bits per heavy atom. The highest BCUT2D eigenvalue weighted by atomic mass is 32.7. The second kappa shape index (κ2) is 10.1. The lowest BCUT2D eigenvalue weighted by Gasteiger charge is -2.36. The molecule has 0 radical (unpaired) electrons. The van der Waals surface area contributed by atoms with Crippen LogP contribution < -0.4 is 17.0 Å². The zero-order chi connectivity index (χ0) is 30.3. The van der Waals surface area contributed by atoms with Gasteiger partial charge in [-0.25, -0.2) is 38.7 Å². The van der Waals surface area contributed by atoms with Crippen LogP contribution in [0.2, 0.25) is 0 Å². The van der Waals surface area contributed by atoms with Gasteiger partial charge in [0.05, 0.1) is 25.9 Å². The molecular weight excluding hydrogens is 618 g/mol. The molecule has 3 fully saturated rings. The van der Waals surface area contributed by atoms with Gasteiger partial charge in [0, 0.05) is 0 Å². The summed E-state index contributed by atoms with van der Waals surface area (Å²) in [6.07, 6.45) is -4.55. The summed E-state index contributed by atoms with van der Waals surface area (Å²) in [5.41, 5.74) is 10.3. The minimum absolute atomic E-state index is 0.0503. The van der Waals surface area contributed by atoms with Crippen molar-refractivity contribution in [3.8, 4) is 0 Å². The van der Waals surface area contributed by atoms with E-state index in [0.717, 1.165) is 6.33 Å². The van der Waals surface area contributed by atoms with Gasteiger partial charge in [-0.1, -0.05) is 12.2 Å². The Morgan fingerprint density at radius 1 is 1.16 bits per heavy atom. The molecule has 22 heteroatoms. The van der Waals surface area contributed by atoms with Crippen molar-refractivity contribution < 1.29 is 42.4 Å². The van der Waals surface area contributed by atoms with Crippen LogP contribution in [0.15, 0.2) is 23.8 Å². The summed E-state index contributed by atoms with van der Waals surface area (Å²) in [6.45, 7) is -3.85. The Morgan fingerprint density at radius 2 is 1.91 bits per heavy atom. The minimum atomic E-state index is -4.36. The molecule has 0 spiro atoms. The average Bonchev–Trinajstić information content (AvgIpc) is 3.66. The summed E-state index contributed by atoms with van der Waals surface area (Å²) in [6, 6.07) is 0. The third-order valence-corrected chi connectivity index (χ3v) is 9.04. The van der Waals surface area contributed by atoms with Crippen molar-refractivity contribution >= 4 is 53.1 Å². The normalized spacial score (nSPS) is 33.5. The standard InChI is InChI=1S/C21H24FN10O9PS/c1-21(13-12(39-40-13)19(38-21)31-5-27-9-14(23)25-4-26-15(9)31)3-36-42(35,43)41-11-8(22)7(2-33)37-18(11)32-6-28-10-16(32)29-20(24)30-17(10)34/h4-8,11-13,18-19,33H,2-3H2,1H3,(H,35,43)(H2,23,25,26)(H3,24,29,30,34)/t7-,8-,11-,12-,13?,18-,19-,21?,42?/m1/s1. The molecule has 9 atom stereocenters. The first kappa shape index (κ1) is 28.5. The monoisotopic (exact) mass is 642 g/mol. The first-order valence-electron chi connectivity index (χ1n) is 12.7. The number of nitrogen functional groups attached to an aromatic ring is 2. The summed E-state index contributed by atoms with van der Waals surface area (Å²) < 4.78 is 54.7. The minimum Gasteiger partial charge on any atom is -0.394 e. The highest BCUT2D eigenvalue weighted by molar-refractivity contribution is 8.44. The van der Waals surface area contributed by atoms with E-state index in [4.69, 9.17) is 39.8 Å². The Bertz CT molecular complexity index is 1820. The van der Waals surface area contributed by atoms with Crippen LogP contribution in [0.4, 0.5) is 16.2 Å². The fraction of sp³-hybridized carbons (Fsp3) is 0.524. The van der Waals surface area contributed by atoms with E-state index < -0.39 is 74.2 Å². The van der Waals surface area contributed by atoms with Gasteiger partial charge in [-0.3, -0.25) is 28.0 Å². The number of nitrogens with two attached hydrogens (primary N) is 2. The molecule has 7 rings (SSSR count). The summed E-state index contributed by atoms with van der Waals surface area (Å²) in [5.74, 6) is -0.0430. The van der Waals surface area contributed by atoms with Gasteiger partial charge in [0.15, 0.2) is 53.5 Å². The molecule has 0 saturated carbocycles. The number of aliphatic hydroxyl groups is 1. The summed E-state index contributed by atoms with van der Waals surface area (Å²) in [4.78, 5) is 45.5. The molecule has 230 valence electrons. The number of thiol groups is 1. The average molecular weight is 643 g/mol. The van der Waals surface area contributed by atoms with Crippen LogP contribution in [-0.4, -0.2) is 93.5 Å². The number of hydrogen-bond acceptors (Lipinski definition) is 16. The molecular formula is C21H24FN10O9PS. The first-order valence-corrected chi connectivity index (χ1v) is 15.4. The van der Waals surface area contributed by atoms with Crippen LogP contribution in [-0.2, 0) is 32.9 Å². The molecule has 3 aliphatic heterocycles. The summed E-state index contributed by atoms with van der Waals surface area (Å²) >= 11 is 4.06. The molecule has 4 aromatic heterocycles. The Balaban J connectivity index is 1.11. The maximum atomic E-state index is 15.4. The molecule has 0 aliphatic carbocycles. The van der Waals surface area contributed by atoms with E-state index >= 15 is 4.39 Å². The number of alkyl halides is 1. The van der Waals surface area contributed by atoms with Gasteiger partial charge in [0.25, 0.3) is 5.56 Å². The number of imidazole rings is 2. The van der Waals surface area contributed by atoms with Gasteiger partial charge in [-0.2, -0.15) is 4.98 Å². The van der Waals surface area contributed by atoms with E-state index in [9.17, 15) is 14.5 Å². The molecule has 4 aromatic rings. The number of halogens is 1. The van der Waals surface area contributed by atoms with Crippen molar-refractivity contribution in [1.29, 1.82) is 0 Å². The molecule has 3 aliphatic rings. The van der Waals surface area contributed by atoms with E-state index in [2.05, 4.69) is 42.2 Å². The van der Waals surface area contributed by atoms with Gasteiger partial charge in [0.2, 0.25) is 5.95 Å². The number of fused-ring (bicyclic) bond motifs is 3. The van der Waals surface area contributed by atoms with E-state index in [0.29, 0.717) is 11.2 Å². The summed E-state index contributed by atoms with van der Waals surface area (Å²) in [5, 5.41) is 9.68. The second-order valence-electron chi connectivity index (χ2n) is 10.3. The highest BCUT2D eigenvalue weighted by Gasteiger charge is 2.62. The highest BCUT2D eigenvalue weighted by Crippen LogP contribution is 2.58. The fourth-order valence-corrected chi connectivity index (χ4v) is 6.83. The van der Waals surface area contributed by atoms with Gasteiger partial charge < -0.3 is 26.0 Å². The van der Waals surface area contributed by atoms with Crippen molar-refractivity contribution in [2.75, 3.05) is 24.7 Å². The number of hydrogen-bond donors (Lipinski definition) is 5. The third-order valence-electron chi connectivity index (χ3n) is 7.44. The third kappa shape index (κ3) is 4.59. The molecule has 6 N–H and O–H groups in total. The van der Waals surface area contributed by atoms with Gasteiger partial charge in [0.1, 0.15) is 29.7 Å². The molecule has 43 heavy (non-hydrogen) atoms. The number of H-pyrrole nitrogens is 1. The van der Waals surface area contributed by atoms with Gasteiger partial charge in [-0.15, -0.1) is 0 Å². The number of aromatic amines is 1. The summed E-state index contributed by atoms with van der Waals surface area (Å²) in [7, 11) is 0. The van der Waals surface area contributed by atoms with Gasteiger partial charge in [-0.05, 0) is 6.92 Å². The largest absolute Gasteiger partial charge is 0.394 e. The van der Waals surface area contributed by atoms with E-state index in [1.807, 2.05) is 0 Å². The molecule has 7 heterocycles. The van der Waals surface area contributed by atoms with Crippen LogP contribution in [0, 0.1) is 0 Å². The Labute approximate surface area is 244 Å². The number of anilines is 2. The van der Waals surface area contributed by atoms with Crippen molar-refractivity contribution in [3.63, 3.8) is 0 Å². The Kier molecular flexibility index (Phi) is 6.72. The number of aromatic nitrogens is 8. The number of rotatable bonds is 8. The van der Waals surface area contributed by atoms with Crippen molar-refractivity contribution in [2.45, 2.75) is 55.6 Å². The first-order chi connectivity index (χ1) is 20.5. The topological polar surface area (TPSA) is 252 Å². The number of nitrogens with zero attached hydrogens (tertiary/aromatic N) is 7. The van der Waals surface area contributed by atoms with E-state index in [1.54, 1.807) is 11.5 Å². The number of aliphatic hydroxyl groups excluding tert-OH is 1. The smallest absolute Gasteiger partial charge is 0.386 e. The van der Waals surface area contributed by atoms with Crippen molar-refractivity contribution in [1.82, 2.24) is 39.0 Å². The SMILES string of the molecule is CC1(COP(=O)(S)O[C@@H]2[C@H](F)[C@@H](CO)O[C@H]2n2cnc3c(=O)[nH]c(N)nc32)O[C@@H](n2cnc3c(N)ncnc32)[C@@H]2OOC21. The maximum absolute atomic E-state index is 15.4. The van der Waals surface area contributed by atoms with Crippen LogP contribution in [0.1, 0.15) is 19.4 Å². The fourth-order valence-electron chi connectivity index (χ4n) is 5.32. The lowest BCUT2D eigenvalue weighted by molar-refractivity contribution is -0.468. The molecule has 0 aromatic carbocycles. The molecule has 3 saturated heterocycles. The number of ether oxygens (including phenoxy) is 2. The van der Waals surface area contributed by atoms with Crippen molar-refractivity contribution in [2.24, 2.45) is 0 Å². The van der Waals surface area contributed by atoms with Crippen LogP contribution in [0.5, 0.6) is 0 Å². The molecule has 0 amide bonds. The zero-order valence-corrected chi connectivity index (χ0v) is 23.7. The lowest BCUT2D eigenvalue weighted by Crippen LogP contribution is -2.53. The predicted octanol–water partition coefficient (Wildman–Crippen LogP) is -0.222. The van der Waals surface area contributed by atoms with Crippen LogP contribution in [0.25, 0.3) is 22.3 Å². The maximum Gasteiger partial charge on any atom is 0.386 e. The van der Waals surface area contributed by atoms with E-state index in [1.165, 1.54) is 17.2 Å². The van der Waals surface area contributed by atoms with Crippen LogP contribution in [0.3, 0.4) is 0 Å². The van der Waals surface area contributed by atoms with Crippen molar-refractivity contribution in [3.05, 3.63) is 29.3 Å². The van der Waals surface area contributed by atoms with Crippen LogP contribution >= 0.6 is 19.0 Å². The Hall–Kier alpha value is -3.27. The molecule has 3 unspecified atom stereocenters. The molecule has 19 nitrogen and oxygen atoms in total. The second-order valence-corrected chi connectivity index (χ2v) is 13.1. The number of nitrogens with one attached hydrogen (secondary N) is 1. The predicted molar refractivity (Wildman–Crippen MR) is 144 cm³/mol. The van der Waals surface area contributed by atoms with E-state index in [-0.39, 0.29) is 22.9 Å².